The average molecular weight is 275 g/mol. The van der Waals surface area contributed by atoms with Crippen LogP contribution in [0, 0.1) is 10.5 Å². The number of rotatable bonds is 1. The molecule has 2 N–H and O–H groups in total. The molecule has 0 saturated heterocycles. The lowest BCUT2D eigenvalue weighted by Crippen LogP contribution is -1.98. The topological polar surface area (TPSA) is 26.0 Å². The molecule has 1 aromatic rings. The first-order chi connectivity index (χ1) is 5.52. The zero-order chi connectivity index (χ0) is 9.30. The van der Waals surface area contributed by atoms with Gasteiger partial charge in [0.1, 0.15) is 0 Å². The van der Waals surface area contributed by atoms with Gasteiger partial charge in [-0.25, -0.2) is 0 Å². The Hall–Kier alpha value is -0.250. The van der Waals surface area contributed by atoms with Gasteiger partial charge < -0.3 is 5.73 Å². The summed E-state index contributed by atoms with van der Waals surface area (Å²) in [5.74, 6) is 0.513. The number of aryl methyl sites for hydroxylation is 1. The second-order valence-electron chi connectivity index (χ2n) is 3.39. The van der Waals surface area contributed by atoms with Crippen molar-refractivity contribution in [2.75, 3.05) is 5.73 Å². The maximum atomic E-state index is 5.89. The van der Waals surface area contributed by atoms with E-state index < -0.39 is 0 Å². The van der Waals surface area contributed by atoms with Gasteiger partial charge in [-0.2, -0.15) is 0 Å². The van der Waals surface area contributed by atoms with Crippen molar-refractivity contribution in [3.05, 3.63) is 26.8 Å². The first-order valence-corrected chi connectivity index (χ1v) is 5.15. The van der Waals surface area contributed by atoms with Crippen LogP contribution < -0.4 is 5.73 Å². The fourth-order valence-electron chi connectivity index (χ4n) is 1.22. The van der Waals surface area contributed by atoms with Gasteiger partial charge in [-0.3, -0.25) is 0 Å². The molecule has 0 heterocycles. The summed E-state index contributed by atoms with van der Waals surface area (Å²) in [6.45, 7) is 6.41. The van der Waals surface area contributed by atoms with Gasteiger partial charge in [-0.1, -0.05) is 13.8 Å². The van der Waals surface area contributed by atoms with Crippen molar-refractivity contribution < 1.29 is 0 Å². The van der Waals surface area contributed by atoms with Crippen molar-refractivity contribution in [2.45, 2.75) is 26.7 Å². The van der Waals surface area contributed by atoms with E-state index in [9.17, 15) is 0 Å². The summed E-state index contributed by atoms with van der Waals surface area (Å²) in [5, 5.41) is 0. The van der Waals surface area contributed by atoms with E-state index in [0.29, 0.717) is 5.92 Å². The number of benzene rings is 1. The van der Waals surface area contributed by atoms with Gasteiger partial charge in [-0.05, 0) is 58.7 Å². The molecule has 1 rings (SSSR count). The number of anilines is 1. The van der Waals surface area contributed by atoms with E-state index in [1.807, 2.05) is 0 Å². The number of nitrogen functional groups attached to an aromatic ring is 1. The molecule has 0 spiro atoms. The summed E-state index contributed by atoms with van der Waals surface area (Å²) in [7, 11) is 0. The lowest BCUT2D eigenvalue weighted by atomic mass is 10.00. The smallest absolute Gasteiger partial charge is 0.0352 e. The summed E-state index contributed by atoms with van der Waals surface area (Å²) in [5.41, 5.74) is 9.32. The summed E-state index contributed by atoms with van der Waals surface area (Å²) in [4.78, 5) is 0. The first-order valence-electron chi connectivity index (χ1n) is 4.08. The van der Waals surface area contributed by atoms with Gasteiger partial charge in [0.05, 0.1) is 0 Å². The average Bonchev–Trinajstić information content (AvgIpc) is 1.96. The van der Waals surface area contributed by atoms with Crippen molar-refractivity contribution in [3.63, 3.8) is 0 Å². The van der Waals surface area contributed by atoms with E-state index in [1.165, 1.54) is 14.7 Å². The van der Waals surface area contributed by atoms with Crippen molar-refractivity contribution in [1.29, 1.82) is 0 Å². The maximum absolute atomic E-state index is 5.89. The van der Waals surface area contributed by atoms with Crippen LogP contribution >= 0.6 is 22.6 Å². The molecule has 0 saturated carbocycles. The molecule has 1 nitrogen and oxygen atoms in total. The zero-order valence-electron chi connectivity index (χ0n) is 7.69. The number of nitrogens with two attached hydrogens (primary N) is 1. The second kappa shape index (κ2) is 3.64. The molecule has 0 atom stereocenters. The highest BCUT2D eigenvalue weighted by molar-refractivity contribution is 14.1. The van der Waals surface area contributed by atoms with Crippen LogP contribution in [0.15, 0.2) is 12.1 Å². The Bertz CT molecular complexity index is 292. The van der Waals surface area contributed by atoms with E-state index in [4.69, 9.17) is 5.73 Å². The van der Waals surface area contributed by atoms with Crippen LogP contribution in [0.25, 0.3) is 0 Å². The van der Waals surface area contributed by atoms with Crippen molar-refractivity contribution in [3.8, 4) is 0 Å². The fourth-order valence-corrected chi connectivity index (χ4v) is 1.71. The highest BCUT2D eigenvalue weighted by Crippen LogP contribution is 2.26. The minimum atomic E-state index is 0.513. The SMILES string of the molecule is Cc1cc(N)c(C(C)C)cc1I. The molecule has 12 heavy (non-hydrogen) atoms. The molecule has 2 heteroatoms. The molecule has 0 aliphatic carbocycles. The number of halogens is 1. The summed E-state index contributed by atoms with van der Waals surface area (Å²) in [6, 6.07) is 4.23. The van der Waals surface area contributed by atoms with Crippen LogP contribution in [0.5, 0.6) is 0 Å². The summed E-state index contributed by atoms with van der Waals surface area (Å²) in [6.07, 6.45) is 0. The zero-order valence-corrected chi connectivity index (χ0v) is 9.84. The Morgan fingerprint density at radius 3 is 2.42 bits per heavy atom. The normalized spacial score (nSPS) is 10.8. The summed E-state index contributed by atoms with van der Waals surface area (Å²) < 4.78 is 1.30. The molecular weight excluding hydrogens is 261 g/mol. The minimum Gasteiger partial charge on any atom is -0.398 e. The number of hydrogen-bond acceptors (Lipinski definition) is 1. The molecule has 0 radical (unpaired) electrons. The van der Waals surface area contributed by atoms with Crippen LogP contribution in [-0.4, -0.2) is 0 Å². The molecule has 0 fully saturated rings. The molecule has 0 bridgehead atoms. The molecule has 1 aromatic carbocycles. The van der Waals surface area contributed by atoms with Crippen LogP contribution in [0.4, 0.5) is 5.69 Å². The monoisotopic (exact) mass is 275 g/mol. The van der Waals surface area contributed by atoms with E-state index in [2.05, 4.69) is 55.5 Å². The van der Waals surface area contributed by atoms with Crippen molar-refractivity contribution in [1.82, 2.24) is 0 Å². The number of hydrogen-bond donors (Lipinski definition) is 1. The van der Waals surface area contributed by atoms with Gasteiger partial charge >= 0.3 is 0 Å². The third kappa shape index (κ3) is 1.91. The first kappa shape index (κ1) is 9.84. The Balaban J connectivity index is 3.23. The van der Waals surface area contributed by atoms with Crippen LogP contribution in [-0.2, 0) is 0 Å². The predicted octanol–water partition coefficient (Wildman–Crippen LogP) is 3.31. The van der Waals surface area contributed by atoms with E-state index in [1.54, 1.807) is 0 Å². The second-order valence-corrected chi connectivity index (χ2v) is 4.55. The van der Waals surface area contributed by atoms with Crippen LogP contribution in [0.3, 0.4) is 0 Å². The van der Waals surface area contributed by atoms with Crippen molar-refractivity contribution >= 4 is 28.3 Å². The van der Waals surface area contributed by atoms with Gasteiger partial charge in [0, 0.05) is 9.26 Å². The van der Waals surface area contributed by atoms with E-state index >= 15 is 0 Å². The molecule has 66 valence electrons. The Morgan fingerprint density at radius 2 is 1.92 bits per heavy atom. The van der Waals surface area contributed by atoms with Crippen LogP contribution in [0.1, 0.15) is 30.9 Å². The van der Waals surface area contributed by atoms with Crippen LogP contribution in [0.2, 0.25) is 0 Å². The van der Waals surface area contributed by atoms with Crippen molar-refractivity contribution in [2.24, 2.45) is 0 Å². The Morgan fingerprint density at radius 1 is 1.33 bits per heavy atom. The fraction of sp³-hybridized carbons (Fsp3) is 0.400. The summed E-state index contributed by atoms with van der Waals surface area (Å²) >= 11 is 2.34. The molecule has 0 amide bonds. The highest BCUT2D eigenvalue weighted by Gasteiger charge is 2.06. The molecule has 0 aliphatic heterocycles. The lowest BCUT2D eigenvalue weighted by Gasteiger charge is -2.11. The molecule has 0 aliphatic rings. The van der Waals surface area contributed by atoms with E-state index in [-0.39, 0.29) is 0 Å². The largest absolute Gasteiger partial charge is 0.398 e. The maximum Gasteiger partial charge on any atom is 0.0352 e. The van der Waals surface area contributed by atoms with Gasteiger partial charge in [-0.15, -0.1) is 0 Å². The third-order valence-electron chi connectivity index (χ3n) is 1.99. The third-order valence-corrected chi connectivity index (χ3v) is 3.15. The molecule has 0 aromatic heterocycles. The highest BCUT2D eigenvalue weighted by atomic mass is 127. The quantitative estimate of drug-likeness (QED) is 0.617. The Labute approximate surface area is 87.5 Å². The van der Waals surface area contributed by atoms with Gasteiger partial charge in [0.2, 0.25) is 0 Å². The Kier molecular flexibility index (Phi) is 2.99. The van der Waals surface area contributed by atoms with Gasteiger partial charge in [0.15, 0.2) is 0 Å². The van der Waals surface area contributed by atoms with Gasteiger partial charge in [0.25, 0.3) is 0 Å². The lowest BCUT2D eigenvalue weighted by molar-refractivity contribution is 0.868. The van der Waals surface area contributed by atoms with E-state index in [0.717, 1.165) is 5.69 Å². The predicted molar refractivity (Wildman–Crippen MR) is 62.4 cm³/mol. The standard InChI is InChI=1S/C10H14IN/c1-6(2)8-5-9(11)7(3)4-10(8)12/h4-6H,12H2,1-3H3. The minimum absolute atomic E-state index is 0.513. The molecule has 0 unspecified atom stereocenters. The molecular formula is C10H14IN.